The Kier molecular flexibility index (Phi) is 5.49. The zero-order valence-corrected chi connectivity index (χ0v) is 11.4. The second kappa shape index (κ2) is 6.65. The highest BCUT2D eigenvalue weighted by Crippen LogP contribution is 2.27. The first-order valence-electron chi connectivity index (χ1n) is 5.87. The summed E-state index contributed by atoms with van der Waals surface area (Å²) in [6.45, 7) is 4.18. The van der Waals surface area contributed by atoms with Crippen molar-refractivity contribution in [3.8, 4) is 5.75 Å². The predicted octanol–water partition coefficient (Wildman–Crippen LogP) is 4.02. The minimum atomic E-state index is 0.148. The third kappa shape index (κ3) is 3.74. The molecule has 0 saturated carbocycles. The van der Waals surface area contributed by atoms with Crippen LogP contribution in [-0.2, 0) is 0 Å². The molecule has 0 N–H and O–H groups in total. The van der Waals surface area contributed by atoms with Crippen molar-refractivity contribution in [2.45, 2.75) is 32.6 Å². The maximum Gasteiger partial charge on any atom is 0.162 e. The van der Waals surface area contributed by atoms with Crippen LogP contribution in [0.2, 0.25) is 0 Å². The van der Waals surface area contributed by atoms with Crippen LogP contribution >= 0.6 is 11.6 Å². The Labute approximate surface area is 108 Å². The normalized spacial score (nSPS) is 10.6. The third-order valence-electron chi connectivity index (χ3n) is 2.71. The number of alkyl halides is 1. The van der Waals surface area contributed by atoms with Gasteiger partial charge in [-0.3, -0.25) is 4.79 Å². The molecule has 3 heteroatoms. The maximum absolute atomic E-state index is 11.9. The molecule has 0 bridgehead atoms. The third-order valence-corrected chi connectivity index (χ3v) is 2.98. The second-order valence-corrected chi connectivity index (χ2v) is 4.71. The molecule has 0 aliphatic heterocycles. The average Bonchev–Trinajstić information content (AvgIpc) is 2.34. The summed E-state index contributed by atoms with van der Waals surface area (Å²) in [5.74, 6) is 1.86. The molecule has 0 amide bonds. The molecular formula is C14H19ClO2. The van der Waals surface area contributed by atoms with E-state index in [4.69, 9.17) is 16.3 Å². The van der Waals surface area contributed by atoms with E-state index in [0.717, 1.165) is 23.3 Å². The number of ketones is 1. The number of halogens is 1. The topological polar surface area (TPSA) is 26.3 Å². The number of methoxy groups -OCH3 is 1. The monoisotopic (exact) mass is 254 g/mol. The zero-order valence-electron chi connectivity index (χ0n) is 10.6. The van der Waals surface area contributed by atoms with Gasteiger partial charge in [-0.25, -0.2) is 0 Å². The fourth-order valence-electron chi connectivity index (χ4n) is 1.73. The highest BCUT2D eigenvalue weighted by Gasteiger charge is 2.12. The van der Waals surface area contributed by atoms with Crippen molar-refractivity contribution in [3.05, 3.63) is 29.3 Å². The van der Waals surface area contributed by atoms with Crippen molar-refractivity contribution in [1.82, 2.24) is 0 Å². The summed E-state index contributed by atoms with van der Waals surface area (Å²) in [5, 5.41) is 0. The molecule has 0 atom stereocenters. The van der Waals surface area contributed by atoms with Crippen molar-refractivity contribution in [1.29, 1.82) is 0 Å². The lowest BCUT2D eigenvalue weighted by atomic mass is 9.97. The van der Waals surface area contributed by atoms with Crippen LogP contribution in [0.4, 0.5) is 0 Å². The van der Waals surface area contributed by atoms with E-state index < -0.39 is 0 Å². The molecule has 94 valence electrons. The first-order valence-corrected chi connectivity index (χ1v) is 6.40. The summed E-state index contributed by atoms with van der Waals surface area (Å²) in [4.78, 5) is 11.9. The van der Waals surface area contributed by atoms with Crippen LogP contribution in [0, 0.1) is 0 Å². The van der Waals surface area contributed by atoms with Gasteiger partial charge >= 0.3 is 0 Å². The quantitative estimate of drug-likeness (QED) is 0.566. The summed E-state index contributed by atoms with van der Waals surface area (Å²) in [6.07, 6.45) is 1.23. The predicted molar refractivity (Wildman–Crippen MR) is 71.4 cm³/mol. The van der Waals surface area contributed by atoms with E-state index >= 15 is 0 Å². The number of ether oxygens (including phenoxy) is 1. The van der Waals surface area contributed by atoms with E-state index in [1.165, 1.54) is 0 Å². The van der Waals surface area contributed by atoms with E-state index in [1.54, 1.807) is 7.11 Å². The molecule has 1 rings (SSSR count). The Morgan fingerprint density at radius 3 is 2.65 bits per heavy atom. The molecule has 2 nitrogen and oxygen atoms in total. The number of Topliss-reactive ketones (excluding diaryl/α,β-unsaturated/α-hetero) is 1. The van der Waals surface area contributed by atoms with Gasteiger partial charge in [-0.2, -0.15) is 0 Å². The molecular weight excluding hydrogens is 236 g/mol. The molecule has 0 heterocycles. The lowest BCUT2D eigenvalue weighted by Gasteiger charge is -2.13. The van der Waals surface area contributed by atoms with Crippen molar-refractivity contribution in [2.24, 2.45) is 0 Å². The van der Waals surface area contributed by atoms with Crippen LogP contribution in [0.15, 0.2) is 18.2 Å². The van der Waals surface area contributed by atoms with Crippen LogP contribution in [0.5, 0.6) is 5.75 Å². The van der Waals surface area contributed by atoms with Crippen LogP contribution in [0.25, 0.3) is 0 Å². The fourth-order valence-corrected chi connectivity index (χ4v) is 1.86. The Morgan fingerprint density at radius 1 is 1.41 bits per heavy atom. The maximum atomic E-state index is 11.9. The Morgan fingerprint density at radius 2 is 2.12 bits per heavy atom. The van der Waals surface area contributed by atoms with Crippen LogP contribution in [0.1, 0.15) is 48.5 Å². The molecule has 0 aliphatic rings. The zero-order chi connectivity index (χ0) is 12.8. The van der Waals surface area contributed by atoms with Gasteiger partial charge in [0.1, 0.15) is 5.75 Å². The first-order chi connectivity index (χ1) is 8.10. The molecule has 17 heavy (non-hydrogen) atoms. The molecule has 0 aliphatic carbocycles. The molecule has 0 aromatic heterocycles. The Bertz CT molecular complexity index is 386. The Balaban J connectivity index is 2.95. The van der Waals surface area contributed by atoms with Crippen LogP contribution < -0.4 is 4.74 Å². The van der Waals surface area contributed by atoms with E-state index in [2.05, 4.69) is 13.8 Å². The van der Waals surface area contributed by atoms with Crippen molar-refractivity contribution < 1.29 is 9.53 Å². The summed E-state index contributed by atoms with van der Waals surface area (Å²) in [7, 11) is 1.65. The van der Waals surface area contributed by atoms with Gasteiger partial charge in [0.15, 0.2) is 5.78 Å². The van der Waals surface area contributed by atoms with Crippen molar-refractivity contribution in [2.75, 3.05) is 13.0 Å². The van der Waals surface area contributed by atoms with Gasteiger partial charge in [0.2, 0.25) is 0 Å². The highest BCUT2D eigenvalue weighted by molar-refractivity contribution is 6.18. The Hall–Kier alpha value is -1.02. The number of carbonyl (C=O) groups is 1. The number of carbonyl (C=O) groups excluding carboxylic acids is 1. The van der Waals surface area contributed by atoms with Gasteiger partial charge in [0.25, 0.3) is 0 Å². The van der Waals surface area contributed by atoms with Gasteiger partial charge in [-0.1, -0.05) is 13.8 Å². The van der Waals surface area contributed by atoms with E-state index in [9.17, 15) is 4.79 Å². The minimum Gasteiger partial charge on any atom is -0.496 e. The van der Waals surface area contributed by atoms with Crippen LogP contribution in [-0.4, -0.2) is 18.8 Å². The van der Waals surface area contributed by atoms with Crippen LogP contribution in [0.3, 0.4) is 0 Å². The molecule has 1 aromatic rings. The summed E-state index contributed by atoms with van der Waals surface area (Å²) >= 11 is 5.59. The lowest BCUT2D eigenvalue weighted by Crippen LogP contribution is -2.02. The van der Waals surface area contributed by atoms with Gasteiger partial charge in [-0.05, 0) is 36.1 Å². The molecule has 0 unspecified atom stereocenters. The van der Waals surface area contributed by atoms with Gasteiger partial charge in [0, 0.05) is 17.9 Å². The van der Waals surface area contributed by atoms with E-state index in [0.29, 0.717) is 18.2 Å². The van der Waals surface area contributed by atoms with E-state index in [1.807, 2.05) is 18.2 Å². The first kappa shape index (κ1) is 14.0. The second-order valence-electron chi connectivity index (χ2n) is 4.33. The molecule has 1 aromatic carbocycles. The SMILES string of the molecule is COc1ccc(C(=O)CCCCl)cc1C(C)C. The molecule has 0 spiro atoms. The van der Waals surface area contributed by atoms with Gasteiger partial charge < -0.3 is 4.74 Å². The minimum absolute atomic E-state index is 0.148. The summed E-state index contributed by atoms with van der Waals surface area (Å²) in [5.41, 5.74) is 1.82. The standard InChI is InChI=1S/C14H19ClO2/c1-10(2)12-9-11(6-7-14(12)17-3)13(16)5-4-8-15/h6-7,9-10H,4-5,8H2,1-3H3. The number of hydrogen-bond acceptors (Lipinski definition) is 2. The van der Waals surface area contributed by atoms with E-state index in [-0.39, 0.29) is 5.78 Å². The smallest absolute Gasteiger partial charge is 0.162 e. The molecule has 0 radical (unpaired) electrons. The largest absolute Gasteiger partial charge is 0.496 e. The van der Waals surface area contributed by atoms with Gasteiger partial charge in [0.05, 0.1) is 7.11 Å². The number of benzene rings is 1. The summed E-state index contributed by atoms with van der Waals surface area (Å²) in [6, 6.07) is 5.62. The van der Waals surface area contributed by atoms with Gasteiger partial charge in [-0.15, -0.1) is 11.6 Å². The lowest BCUT2D eigenvalue weighted by molar-refractivity contribution is 0.0982. The molecule has 0 saturated heterocycles. The number of hydrogen-bond donors (Lipinski definition) is 0. The fraction of sp³-hybridized carbons (Fsp3) is 0.500. The average molecular weight is 255 g/mol. The molecule has 0 fully saturated rings. The summed E-state index contributed by atoms with van der Waals surface area (Å²) < 4.78 is 5.29. The number of rotatable bonds is 6. The van der Waals surface area contributed by atoms with Crippen molar-refractivity contribution >= 4 is 17.4 Å². The highest BCUT2D eigenvalue weighted by atomic mass is 35.5. The van der Waals surface area contributed by atoms with Crippen molar-refractivity contribution in [3.63, 3.8) is 0 Å².